The first-order chi connectivity index (χ1) is 11.0. The summed E-state index contributed by atoms with van der Waals surface area (Å²) >= 11 is 0. The Bertz CT molecular complexity index is 640. The molecule has 1 atom stereocenters. The van der Waals surface area contributed by atoms with Crippen LogP contribution in [-0.2, 0) is 0 Å². The van der Waals surface area contributed by atoms with Crippen LogP contribution in [0.3, 0.4) is 0 Å². The Balaban J connectivity index is 2.19. The van der Waals surface area contributed by atoms with Gasteiger partial charge in [-0.15, -0.1) is 0 Å². The van der Waals surface area contributed by atoms with Gasteiger partial charge in [0.05, 0.1) is 19.0 Å². The fraction of sp³-hybridized carbons (Fsp3) is 0.353. The van der Waals surface area contributed by atoms with Crippen LogP contribution in [0.1, 0.15) is 23.0 Å². The Morgan fingerprint density at radius 3 is 2.78 bits per heavy atom. The Morgan fingerprint density at radius 1 is 1.39 bits per heavy atom. The molecule has 0 aliphatic rings. The van der Waals surface area contributed by atoms with E-state index < -0.39 is 6.10 Å². The molecule has 6 heteroatoms. The maximum Gasteiger partial charge on any atom is 0.291 e. The van der Waals surface area contributed by atoms with Crippen molar-refractivity contribution in [1.29, 1.82) is 0 Å². The van der Waals surface area contributed by atoms with Crippen molar-refractivity contribution in [1.82, 2.24) is 0 Å². The van der Waals surface area contributed by atoms with Gasteiger partial charge in [-0.1, -0.05) is 6.07 Å². The molecule has 0 spiro atoms. The van der Waals surface area contributed by atoms with E-state index in [4.69, 9.17) is 9.52 Å². The molecule has 0 aliphatic heterocycles. The molecule has 0 saturated heterocycles. The smallest absolute Gasteiger partial charge is 0.291 e. The van der Waals surface area contributed by atoms with Gasteiger partial charge in [0.1, 0.15) is 0 Å². The predicted molar refractivity (Wildman–Crippen MR) is 88.8 cm³/mol. The average Bonchev–Trinajstić information content (AvgIpc) is 3.09. The number of hydrogen-bond acceptors (Lipinski definition) is 5. The van der Waals surface area contributed by atoms with Crippen molar-refractivity contribution in [2.24, 2.45) is 0 Å². The lowest BCUT2D eigenvalue weighted by Crippen LogP contribution is -2.34. The van der Waals surface area contributed by atoms with E-state index in [9.17, 15) is 9.90 Å². The van der Waals surface area contributed by atoms with E-state index in [2.05, 4.69) is 5.32 Å². The number of nitrogens with one attached hydrogen (secondary N) is 1. The molecule has 2 rings (SSSR count). The second kappa shape index (κ2) is 7.80. The Kier molecular flexibility index (Phi) is 5.78. The van der Waals surface area contributed by atoms with E-state index in [1.165, 1.54) is 6.26 Å². The molecule has 1 unspecified atom stereocenters. The summed E-state index contributed by atoms with van der Waals surface area (Å²) in [6.07, 6.45) is 0.639. The molecule has 0 saturated carbocycles. The number of aliphatic hydroxyl groups is 2. The third-order valence-electron chi connectivity index (χ3n) is 3.58. The molecule has 6 nitrogen and oxygen atoms in total. The minimum atomic E-state index is -0.810. The number of likely N-dealkylation sites (N-methyl/N-ethyl adjacent to an activating group) is 1. The van der Waals surface area contributed by atoms with Crippen molar-refractivity contribution in [3.63, 3.8) is 0 Å². The van der Waals surface area contributed by atoms with Crippen molar-refractivity contribution < 1.29 is 19.4 Å². The molecule has 1 aromatic heterocycles. The lowest BCUT2D eigenvalue weighted by molar-refractivity contribution is 0.0995. The fourth-order valence-electron chi connectivity index (χ4n) is 2.34. The number of amides is 1. The Morgan fingerprint density at radius 2 is 2.17 bits per heavy atom. The number of aliphatic hydroxyl groups excluding tert-OH is 2. The summed E-state index contributed by atoms with van der Waals surface area (Å²) in [7, 11) is 0. The van der Waals surface area contributed by atoms with Crippen LogP contribution in [0, 0.1) is 6.92 Å². The molecule has 1 amide bonds. The van der Waals surface area contributed by atoms with Gasteiger partial charge in [-0.05, 0) is 43.7 Å². The largest absolute Gasteiger partial charge is 0.459 e. The van der Waals surface area contributed by atoms with Crippen molar-refractivity contribution in [2.45, 2.75) is 20.0 Å². The summed E-state index contributed by atoms with van der Waals surface area (Å²) in [5.41, 5.74) is 2.56. The minimum absolute atomic E-state index is 0.246. The molecule has 0 bridgehead atoms. The summed E-state index contributed by atoms with van der Waals surface area (Å²) in [5, 5.41) is 21.5. The van der Waals surface area contributed by atoms with Crippen LogP contribution in [0.15, 0.2) is 41.0 Å². The number of benzene rings is 1. The van der Waals surface area contributed by atoms with Crippen molar-refractivity contribution >= 4 is 17.3 Å². The van der Waals surface area contributed by atoms with E-state index in [1.807, 2.05) is 36.9 Å². The highest BCUT2D eigenvalue weighted by Crippen LogP contribution is 2.25. The first-order valence-corrected chi connectivity index (χ1v) is 7.54. The van der Waals surface area contributed by atoms with E-state index in [0.717, 1.165) is 11.3 Å². The molecule has 0 fully saturated rings. The highest BCUT2D eigenvalue weighted by atomic mass is 16.3. The quantitative estimate of drug-likeness (QED) is 0.727. The van der Waals surface area contributed by atoms with Crippen LogP contribution in [-0.4, -0.2) is 41.9 Å². The maximum absolute atomic E-state index is 12.0. The second-order valence-corrected chi connectivity index (χ2v) is 5.31. The zero-order valence-corrected chi connectivity index (χ0v) is 13.3. The van der Waals surface area contributed by atoms with Crippen molar-refractivity contribution in [3.8, 4) is 0 Å². The number of rotatable bonds is 7. The molecule has 23 heavy (non-hydrogen) atoms. The molecule has 124 valence electrons. The van der Waals surface area contributed by atoms with Gasteiger partial charge in [0.25, 0.3) is 5.91 Å². The molecule has 3 N–H and O–H groups in total. The molecular weight excluding hydrogens is 296 g/mol. The lowest BCUT2D eigenvalue weighted by Gasteiger charge is -2.27. The van der Waals surface area contributed by atoms with Gasteiger partial charge in [0.15, 0.2) is 5.76 Å². The standard InChI is InChI=1S/C17H22N2O4/c1-3-19(10-14(21)11-20)15-9-13(7-6-12(15)2)18-17(22)16-5-4-8-23-16/h4-9,14,20-21H,3,10-11H2,1-2H3,(H,18,22). The number of nitrogens with zero attached hydrogens (tertiary/aromatic N) is 1. The van der Waals surface area contributed by atoms with Gasteiger partial charge in [0.2, 0.25) is 0 Å². The number of anilines is 2. The van der Waals surface area contributed by atoms with Crippen molar-refractivity contribution in [3.05, 3.63) is 47.9 Å². The van der Waals surface area contributed by atoms with Gasteiger partial charge in [-0.3, -0.25) is 4.79 Å². The van der Waals surface area contributed by atoms with Crippen LogP contribution in [0.4, 0.5) is 11.4 Å². The Hall–Kier alpha value is -2.31. The number of carbonyl (C=O) groups is 1. The molecule has 1 aromatic carbocycles. The third-order valence-corrected chi connectivity index (χ3v) is 3.58. The summed E-state index contributed by atoms with van der Waals surface area (Å²) in [4.78, 5) is 14.0. The first kappa shape index (κ1) is 17.1. The monoisotopic (exact) mass is 318 g/mol. The van der Waals surface area contributed by atoms with Crippen LogP contribution >= 0.6 is 0 Å². The average molecular weight is 318 g/mol. The highest BCUT2D eigenvalue weighted by Gasteiger charge is 2.14. The molecule has 0 radical (unpaired) electrons. The minimum Gasteiger partial charge on any atom is -0.459 e. The molecule has 0 aliphatic carbocycles. The number of aryl methyl sites for hydroxylation is 1. The predicted octanol–water partition coefficient (Wildman–Crippen LogP) is 2.02. The SMILES string of the molecule is CCN(CC(O)CO)c1cc(NC(=O)c2ccco2)ccc1C. The van der Waals surface area contributed by atoms with E-state index in [-0.39, 0.29) is 18.3 Å². The van der Waals surface area contributed by atoms with Crippen LogP contribution < -0.4 is 10.2 Å². The lowest BCUT2D eigenvalue weighted by atomic mass is 10.1. The van der Waals surface area contributed by atoms with Gasteiger partial charge >= 0.3 is 0 Å². The summed E-state index contributed by atoms with van der Waals surface area (Å²) in [6, 6.07) is 8.83. The fourth-order valence-corrected chi connectivity index (χ4v) is 2.34. The normalized spacial score (nSPS) is 12.0. The summed E-state index contributed by atoms with van der Waals surface area (Å²) in [5.74, 6) is -0.0709. The number of hydrogen-bond donors (Lipinski definition) is 3. The molecular formula is C17H22N2O4. The van der Waals surface area contributed by atoms with E-state index in [0.29, 0.717) is 18.8 Å². The molecule has 1 heterocycles. The van der Waals surface area contributed by atoms with Crippen molar-refractivity contribution in [2.75, 3.05) is 29.9 Å². The maximum atomic E-state index is 12.0. The molecule has 2 aromatic rings. The van der Waals surface area contributed by atoms with Gasteiger partial charge < -0.3 is 24.8 Å². The van der Waals surface area contributed by atoms with Gasteiger partial charge in [-0.25, -0.2) is 0 Å². The van der Waals surface area contributed by atoms with E-state index >= 15 is 0 Å². The summed E-state index contributed by atoms with van der Waals surface area (Å²) in [6.45, 7) is 4.64. The Labute approximate surface area is 135 Å². The van der Waals surface area contributed by atoms with Gasteiger partial charge in [0, 0.05) is 24.5 Å². The van der Waals surface area contributed by atoms with Crippen LogP contribution in [0.5, 0.6) is 0 Å². The number of furan rings is 1. The van der Waals surface area contributed by atoms with Gasteiger partial charge in [-0.2, -0.15) is 0 Å². The van der Waals surface area contributed by atoms with Crippen LogP contribution in [0.2, 0.25) is 0 Å². The zero-order valence-electron chi connectivity index (χ0n) is 13.3. The van der Waals surface area contributed by atoms with Crippen LogP contribution in [0.25, 0.3) is 0 Å². The zero-order chi connectivity index (χ0) is 16.8. The van der Waals surface area contributed by atoms with E-state index in [1.54, 1.807) is 12.1 Å². The number of carbonyl (C=O) groups excluding carboxylic acids is 1. The highest BCUT2D eigenvalue weighted by molar-refractivity contribution is 6.02. The topological polar surface area (TPSA) is 85.9 Å². The summed E-state index contributed by atoms with van der Waals surface area (Å²) < 4.78 is 5.07. The second-order valence-electron chi connectivity index (χ2n) is 5.31. The first-order valence-electron chi connectivity index (χ1n) is 7.54. The third kappa shape index (κ3) is 4.34.